The number of Topliss-reactive ketones (excluding diaryl/α,β-unsaturated/α-hetero) is 1. The van der Waals surface area contributed by atoms with Crippen molar-refractivity contribution in [3.8, 4) is 5.75 Å². The summed E-state index contributed by atoms with van der Waals surface area (Å²) in [5.74, 6) is 2.58. The van der Waals surface area contributed by atoms with Gasteiger partial charge in [0, 0.05) is 12.8 Å². The van der Waals surface area contributed by atoms with Crippen molar-refractivity contribution in [1.29, 1.82) is 0 Å². The first-order valence-corrected chi connectivity index (χ1v) is 6.46. The molecule has 0 aliphatic heterocycles. The first-order chi connectivity index (χ1) is 8.28. The van der Waals surface area contributed by atoms with E-state index in [2.05, 4.69) is 12.1 Å². The lowest BCUT2D eigenvalue weighted by Crippen LogP contribution is -2.27. The van der Waals surface area contributed by atoms with Crippen molar-refractivity contribution in [2.45, 2.75) is 38.0 Å². The highest BCUT2D eigenvalue weighted by molar-refractivity contribution is 5.80. The van der Waals surface area contributed by atoms with Crippen LogP contribution in [0, 0.1) is 5.92 Å². The summed E-state index contributed by atoms with van der Waals surface area (Å²) in [5.41, 5.74) is 2.79. The van der Waals surface area contributed by atoms with Gasteiger partial charge in [-0.05, 0) is 54.4 Å². The molecule has 0 radical (unpaired) electrons. The Bertz CT molecular complexity index is 450. The molecular weight excluding hydrogens is 212 g/mol. The molecule has 2 heteroatoms. The Morgan fingerprint density at radius 1 is 1.24 bits per heavy atom. The third-order valence-electron chi connectivity index (χ3n) is 4.34. The summed E-state index contributed by atoms with van der Waals surface area (Å²) >= 11 is 0. The largest absolute Gasteiger partial charge is 0.497 e. The van der Waals surface area contributed by atoms with E-state index in [-0.39, 0.29) is 0 Å². The summed E-state index contributed by atoms with van der Waals surface area (Å²) in [5, 5.41) is 0. The standard InChI is InChI=1S/C15H18O2/c1-17-13-6-7-14-11(8-13)3-2-10-4-5-12(16)9-15(10)14/h6-8,10,15H,2-5,9H2,1H3. The lowest BCUT2D eigenvalue weighted by molar-refractivity contribution is -0.121. The molecule has 17 heavy (non-hydrogen) atoms. The van der Waals surface area contributed by atoms with E-state index in [9.17, 15) is 4.79 Å². The predicted octanol–water partition coefficient (Wildman–Crippen LogP) is 3.09. The average Bonchev–Trinajstić information content (AvgIpc) is 2.37. The van der Waals surface area contributed by atoms with Crippen LogP contribution in [-0.2, 0) is 11.2 Å². The molecule has 90 valence electrons. The van der Waals surface area contributed by atoms with Crippen molar-refractivity contribution in [1.82, 2.24) is 0 Å². The van der Waals surface area contributed by atoms with Crippen LogP contribution in [0.5, 0.6) is 5.75 Å². The van der Waals surface area contributed by atoms with E-state index in [0.717, 1.165) is 37.4 Å². The Kier molecular flexibility index (Phi) is 2.65. The number of hydrogen-bond donors (Lipinski definition) is 0. The molecule has 1 aromatic carbocycles. The van der Waals surface area contributed by atoms with Crippen LogP contribution in [0.3, 0.4) is 0 Å². The SMILES string of the molecule is COc1ccc2c(c1)CCC1CCC(=O)CC21. The third-order valence-corrected chi connectivity index (χ3v) is 4.34. The Morgan fingerprint density at radius 3 is 2.88 bits per heavy atom. The molecule has 2 nitrogen and oxygen atoms in total. The molecule has 0 saturated heterocycles. The number of carbonyl (C=O) groups is 1. The highest BCUT2D eigenvalue weighted by atomic mass is 16.5. The number of rotatable bonds is 1. The average molecular weight is 230 g/mol. The summed E-state index contributed by atoms with van der Waals surface area (Å²) in [6.07, 6.45) is 5.02. The molecule has 0 spiro atoms. The topological polar surface area (TPSA) is 26.3 Å². The minimum atomic E-state index is 0.440. The second-order valence-electron chi connectivity index (χ2n) is 5.25. The van der Waals surface area contributed by atoms with E-state index in [1.807, 2.05) is 6.07 Å². The van der Waals surface area contributed by atoms with Gasteiger partial charge in [-0.15, -0.1) is 0 Å². The summed E-state index contributed by atoms with van der Waals surface area (Å²) in [4.78, 5) is 11.6. The smallest absolute Gasteiger partial charge is 0.133 e. The molecule has 1 fully saturated rings. The van der Waals surface area contributed by atoms with Crippen LogP contribution in [0.25, 0.3) is 0 Å². The lowest BCUT2D eigenvalue weighted by atomic mass is 9.68. The van der Waals surface area contributed by atoms with Gasteiger partial charge in [0.15, 0.2) is 0 Å². The van der Waals surface area contributed by atoms with Gasteiger partial charge in [-0.1, -0.05) is 6.07 Å². The summed E-state index contributed by atoms with van der Waals surface area (Å²) in [6.45, 7) is 0. The van der Waals surface area contributed by atoms with Gasteiger partial charge in [0.1, 0.15) is 11.5 Å². The van der Waals surface area contributed by atoms with Crippen molar-refractivity contribution in [2.24, 2.45) is 5.92 Å². The summed E-state index contributed by atoms with van der Waals surface area (Å²) < 4.78 is 5.27. The lowest BCUT2D eigenvalue weighted by Gasteiger charge is -2.36. The molecule has 2 aliphatic rings. The number of benzene rings is 1. The van der Waals surface area contributed by atoms with Crippen LogP contribution in [-0.4, -0.2) is 12.9 Å². The van der Waals surface area contributed by atoms with Crippen LogP contribution in [0.2, 0.25) is 0 Å². The zero-order chi connectivity index (χ0) is 11.8. The number of ether oxygens (including phenoxy) is 1. The molecule has 0 heterocycles. The van der Waals surface area contributed by atoms with Gasteiger partial charge in [0.25, 0.3) is 0 Å². The maximum atomic E-state index is 11.6. The summed E-state index contributed by atoms with van der Waals surface area (Å²) in [7, 11) is 1.71. The second-order valence-corrected chi connectivity index (χ2v) is 5.25. The van der Waals surface area contributed by atoms with Crippen molar-refractivity contribution < 1.29 is 9.53 Å². The molecule has 1 aromatic rings. The Balaban J connectivity index is 1.97. The number of aryl methyl sites for hydroxylation is 1. The van der Waals surface area contributed by atoms with Crippen molar-refractivity contribution in [3.05, 3.63) is 29.3 Å². The monoisotopic (exact) mass is 230 g/mol. The molecule has 0 N–H and O–H groups in total. The van der Waals surface area contributed by atoms with Crippen LogP contribution >= 0.6 is 0 Å². The third kappa shape index (κ3) is 1.86. The van der Waals surface area contributed by atoms with Gasteiger partial charge in [-0.2, -0.15) is 0 Å². The van der Waals surface area contributed by atoms with E-state index < -0.39 is 0 Å². The van der Waals surface area contributed by atoms with E-state index in [4.69, 9.17) is 4.74 Å². The minimum absolute atomic E-state index is 0.440. The van der Waals surface area contributed by atoms with Gasteiger partial charge in [0.05, 0.1) is 7.11 Å². The zero-order valence-corrected chi connectivity index (χ0v) is 10.2. The quantitative estimate of drug-likeness (QED) is 0.741. The molecular formula is C15H18O2. The second kappa shape index (κ2) is 4.17. The van der Waals surface area contributed by atoms with E-state index in [1.54, 1.807) is 7.11 Å². The van der Waals surface area contributed by atoms with Gasteiger partial charge in [-0.25, -0.2) is 0 Å². The Morgan fingerprint density at radius 2 is 2.06 bits per heavy atom. The minimum Gasteiger partial charge on any atom is -0.497 e. The summed E-state index contributed by atoms with van der Waals surface area (Å²) in [6, 6.07) is 6.34. The van der Waals surface area contributed by atoms with Crippen molar-refractivity contribution in [3.63, 3.8) is 0 Å². The van der Waals surface area contributed by atoms with E-state index in [0.29, 0.717) is 11.7 Å². The fourth-order valence-electron chi connectivity index (χ4n) is 3.40. The highest BCUT2D eigenvalue weighted by Gasteiger charge is 2.34. The fourth-order valence-corrected chi connectivity index (χ4v) is 3.40. The first kappa shape index (κ1) is 10.8. The molecule has 2 aliphatic carbocycles. The Hall–Kier alpha value is -1.31. The predicted molar refractivity (Wildman–Crippen MR) is 66.4 cm³/mol. The van der Waals surface area contributed by atoms with E-state index >= 15 is 0 Å². The molecule has 2 atom stereocenters. The van der Waals surface area contributed by atoms with Gasteiger partial charge in [0.2, 0.25) is 0 Å². The first-order valence-electron chi connectivity index (χ1n) is 6.46. The van der Waals surface area contributed by atoms with E-state index in [1.165, 1.54) is 17.5 Å². The fraction of sp³-hybridized carbons (Fsp3) is 0.533. The van der Waals surface area contributed by atoms with Crippen LogP contribution < -0.4 is 4.74 Å². The number of carbonyl (C=O) groups excluding carboxylic acids is 1. The molecule has 0 bridgehead atoms. The van der Waals surface area contributed by atoms with Crippen LogP contribution in [0.15, 0.2) is 18.2 Å². The molecule has 0 aromatic heterocycles. The van der Waals surface area contributed by atoms with Gasteiger partial charge in [-0.3, -0.25) is 4.79 Å². The molecule has 3 rings (SSSR count). The van der Waals surface area contributed by atoms with Crippen LogP contribution in [0.4, 0.5) is 0 Å². The maximum Gasteiger partial charge on any atom is 0.133 e. The van der Waals surface area contributed by atoms with Gasteiger partial charge < -0.3 is 4.74 Å². The molecule has 2 unspecified atom stereocenters. The normalized spacial score (nSPS) is 27.2. The molecule has 1 saturated carbocycles. The van der Waals surface area contributed by atoms with Crippen molar-refractivity contribution >= 4 is 5.78 Å². The van der Waals surface area contributed by atoms with Crippen molar-refractivity contribution in [2.75, 3.05) is 7.11 Å². The van der Waals surface area contributed by atoms with Crippen LogP contribution in [0.1, 0.15) is 42.7 Å². The number of hydrogen-bond acceptors (Lipinski definition) is 2. The highest BCUT2D eigenvalue weighted by Crippen LogP contribution is 2.44. The Labute approximate surface area is 102 Å². The molecule has 0 amide bonds. The number of methoxy groups -OCH3 is 1. The number of fused-ring (bicyclic) bond motifs is 3. The van der Waals surface area contributed by atoms with Gasteiger partial charge >= 0.3 is 0 Å². The zero-order valence-electron chi connectivity index (χ0n) is 10.2. The maximum absolute atomic E-state index is 11.6. The number of ketones is 1.